The molecule has 0 bridgehead atoms. The monoisotopic (exact) mass is 475 g/mol. The van der Waals surface area contributed by atoms with Crippen molar-refractivity contribution < 1.29 is 9.59 Å². The fraction of sp³-hybridized carbons (Fsp3) is 0.385. The van der Waals surface area contributed by atoms with Gasteiger partial charge < -0.3 is 10.2 Å². The summed E-state index contributed by atoms with van der Waals surface area (Å²) in [6.45, 7) is 2.28. The Hall–Kier alpha value is -3.13. The predicted octanol–water partition coefficient (Wildman–Crippen LogP) is 3.47. The summed E-state index contributed by atoms with van der Waals surface area (Å²) in [5, 5.41) is 7.68. The maximum Gasteiger partial charge on any atom is 0.272 e. The molecule has 3 aromatic rings. The fourth-order valence-corrected chi connectivity index (χ4v) is 4.78. The first-order valence-electron chi connectivity index (χ1n) is 11.8. The lowest BCUT2D eigenvalue weighted by atomic mass is 10.0. The van der Waals surface area contributed by atoms with E-state index in [0.717, 1.165) is 35.5 Å². The van der Waals surface area contributed by atoms with Crippen LogP contribution in [0.2, 0.25) is 0 Å². The number of hydrogen-bond donors (Lipinski definition) is 1. The van der Waals surface area contributed by atoms with Crippen LogP contribution in [0.4, 0.5) is 0 Å². The van der Waals surface area contributed by atoms with E-state index >= 15 is 0 Å². The Bertz CT molecular complexity index is 1170. The first kappa shape index (κ1) is 22.7. The number of benzene rings is 1. The summed E-state index contributed by atoms with van der Waals surface area (Å²) in [4.78, 5) is 33.5. The molecule has 1 N–H and O–H groups in total. The molecule has 3 heterocycles. The van der Waals surface area contributed by atoms with Gasteiger partial charge in [-0.3, -0.25) is 19.3 Å². The lowest BCUT2D eigenvalue weighted by Gasteiger charge is -2.28. The number of nitrogens with one attached hydrogen (secondary N) is 1. The van der Waals surface area contributed by atoms with Gasteiger partial charge in [-0.15, -0.1) is 11.8 Å². The average Bonchev–Trinajstić information content (AvgIpc) is 3.62. The number of thioether (sulfide) groups is 1. The standard InChI is InChI=1S/C26H29N5O2S/c1-34-21-9-7-18(8-10-21)14-24(32)30-13-11-23-22(17-30)25(29-31(23)16-19-5-6-19)26(33)28-15-20-4-2-3-12-27-20/h2-4,7-10,12,19H,5-6,11,13-17H2,1H3,(H,28,33). The zero-order chi connectivity index (χ0) is 23.5. The van der Waals surface area contributed by atoms with Crippen molar-refractivity contribution in [1.29, 1.82) is 0 Å². The fourth-order valence-electron chi connectivity index (χ4n) is 4.37. The normalized spacial score (nSPS) is 15.1. The van der Waals surface area contributed by atoms with E-state index in [4.69, 9.17) is 5.10 Å². The van der Waals surface area contributed by atoms with E-state index < -0.39 is 0 Å². The second-order valence-electron chi connectivity index (χ2n) is 8.99. The Kier molecular flexibility index (Phi) is 6.67. The van der Waals surface area contributed by atoms with Gasteiger partial charge in [0.15, 0.2) is 5.69 Å². The van der Waals surface area contributed by atoms with Crippen molar-refractivity contribution in [1.82, 2.24) is 25.0 Å². The Labute approximate surface area is 203 Å². The molecule has 1 fully saturated rings. The van der Waals surface area contributed by atoms with Crippen LogP contribution in [0.25, 0.3) is 0 Å². The largest absolute Gasteiger partial charge is 0.345 e. The zero-order valence-electron chi connectivity index (χ0n) is 19.4. The van der Waals surface area contributed by atoms with Crippen LogP contribution in [0.3, 0.4) is 0 Å². The van der Waals surface area contributed by atoms with E-state index in [9.17, 15) is 9.59 Å². The minimum absolute atomic E-state index is 0.0809. The highest BCUT2D eigenvalue weighted by Crippen LogP contribution is 2.32. The van der Waals surface area contributed by atoms with Gasteiger partial charge in [-0.2, -0.15) is 5.10 Å². The second-order valence-corrected chi connectivity index (χ2v) is 9.87. The molecular weight excluding hydrogens is 446 g/mol. The highest BCUT2D eigenvalue weighted by atomic mass is 32.2. The molecule has 1 aliphatic carbocycles. The van der Waals surface area contributed by atoms with Crippen LogP contribution in [0.5, 0.6) is 0 Å². The second kappa shape index (κ2) is 10.0. The van der Waals surface area contributed by atoms with E-state index in [1.165, 1.54) is 17.7 Å². The number of nitrogens with zero attached hydrogens (tertiary/aromatic N) is 4. The van der Waals surface area contributed by atoms with Crippen LogP contribution in [-0.2, 0) is 37.3 Å². The Morgan fingerprint density at radius 1 is 1.15 bits per heavy atom. The van der Waals surface area contributed by atoms with Gasteiger partial charge in [0.2, 0.25) is 5.91 Å². The molecule has 34 heavy (non-hydrogen) atoms. The highest BCUT2D eigenvalue weighted by molar-refractivity contribution is 7.98. The van der Waals surface area contributed by atoms with E-state index in [1.54, 1.807) is 18.0 Å². The van der Waals surface area contributed by atoms with Crippen LogP contribution in [-0.4, -0.2) is 44.3 Å². The average molecular weight is 476 g/mol. The number of hydrogen-bond acceptors (Lipinski definition) is 5. The summed E-state index contributed by atoms with van der Waals surface area (Å²) in [7, 11) is 0. The van der Waals surface area contributed by atoms with Gasteiger partial charge in [0.25, 0.3) is 5.91 Å². The van der Waals surface area contributed by atoms with Crippen molar-refractivity contribution in [2.75, 3.05) is 12.8 Å². The van der Waals surface area contributed by atoms with E-state index in [2.05, 4.69) is 10.3 Å². The maximum atomic E-state index is 13.1. The molecule has 0 saturated heterocycles. The number of carbonyl (C=O) groups is 2. The van der Waals surface area contributed by atoms with Crippen LogP contribution in [0.1, 0.15) is 45.8 Å². The summed E-state index contributed by atoms with van der Waals surface area (Å²) < 4.78 is 2.02. The third kappa shape index (κ3) is 5.17. The van der Waals surface area contributed by atoms with Crippen LogP contribution >= 0.6 is 11.8 Å². The molecule has 2 aromatic heterocycles. The van der Waals surface area contributed by atoms with Crippen molar-refractivity contribution in [3.8, 4) is 0 Å². The van der Waals surface area contributed by atoms with Crippen molar-refractivity contribution >= 4 is 23.6 Å². The quantitative estimate of drug-likeness (QED) is 0.505. The number of rotatable bonds is 8. The highest BCUT2D eigenvalue weighted by Gasteiger charge is 2.32. The van der Waals surface area contributed by atoms with Gasteiger partial charge in [-0.1, -0.05) is 18.2 Å². The minimum atomic E-state index is -0.210. The van der Waals surface area contributed by atoms with E-state index in [-0.39, 0.29) is 11.8 Å². The molecule has 1 aromatic carbocycles. The topological polar surface area (TPSA) is 80.1 Å². The SMILES string of the molecule is CSc1ccc(CC(=O)N2CCc3c(c(C(=O)NCc4ccccn4)nn3CC3CC3)C2)cc1. The van der Waals surface area contributed by atoms with E-state index in [1.807, 2.05) is 58.3 Å². The number of aromatic nitrogens is 3. The third-order valence-electron chi connectivity index (χ3n) is 6.50. The summed E-state index contributed by atoms with van der Waals surface area (Å²) in [5.74, 6) is 0.521. The van der Waals surface area contributed by atoms with Crippen LogP contribution < -0.4 is 5.32 Å². The summed E-state index contributed by atoms with van der Waals surface area (Å²) >= 11 is 1.69. The predicted molar refractivity (Wildman–Crippen MR) is 131 cm³/mol. The molecule has 0 unspecified atom stereocenters. The minimum Gasteiger partial charge on any atom is -0.345 e. The maximum absolute atomic E-state index is 13.1. The molecule has 1 aliphatic heterocycles. The molecule has 2 amide bonds. The van der Waals surface area contributed by atoms with Crippen molar-refractivity contribution in [2.45, 2.75) is 50.2 Å². The molecule has 1 saturated carbocycles. The van der Waals surface area contributed by atoms with Crippen molar-refractivity contribution in [3.05, 3.63) is 76.9 Å². The molecule has 176 valence electrons. The Morgan fingerprint density at radius 2 is 1.97 bits per heavy atom. The van der Waals surface area contributed by atoms with Gasteiger partial charge in [-0.05, 0) is 54.8 Å². The number of fused-ring (bicyclic) bond motifs is 1. The molecule has 0 spiro atoms. The molecule has 7 nitrogen and oxygen atoms in total. The van der Waals surface area contributed by atoms with E-state index in [0.29, 0.717) is 37.7 Å². The van der Waals surface area contributed by atoms with Gasteiger partial charge in [-0.25, -0.2) is 0 Å². The van der Waals surface area contributed by atoms with Gasteiger partial charge in [0.05, 0.1) is 18.7 Å². The lowest BCUT2D eigenvalue weighted by molar-refractivity contribution is -0.131. The van der Waals surface area contributed by atoms with Crippen molar-refractivity contribution in [2.24, 2.45) is 5.92 Å². The number of carbonyl (C=O) groups excluding carboxylic acids is 2. The summed E-state index contributed by atoms with van der Waals surface area (Å²) in [6, 6.07) is 13.8. The van der Waals surface area contributed by atoms with Gasteiger partial charge in [0, 0.05) is 48.4 Å². The van der Waals surface area contributed by atoms with Gasteiger partial charge >= 0.3 is 0 Å². The third-order valence-corrected chi connectivity index (χ3v) is 7.24. The molecule has 8 heteroatoms. The first-order valence-corrected chi connectivity index (χ1v) is 13.0. The number of amides is 2. The first-order chi connectivity index (χ1) is 16.6. The van der Waals surface area contributed by atoms with Gasteiger partial charge in [0.1, 0.15) is 0 Å². The lowest BCUT2D eigenvalue weighted by Crippen LogP contribution is -2.38. The van der Waals surface area contributed by atoms with Crippen LogP contribution in [0.15, 0.2) is 53.6 Å². The Morgan fingerprint density at radius 3 is 2.68 bits per heavy atom. The number of pyridine rings is 1. The Balaban J connectivity index is 1.32. The molecular formula is C26H29N5O2S. The smallest absolute Gasteiger partial charge is 0.272 e. The summed E-state index contributed by atoms with van der Waals surface area (Å²) in [5.41, 5.74) is 4.23. The van der Waals surface area contributed by atoms with Crippen molar-refractivity contribution in [3.63, 3.8) is 0 Å². The van der Waals surface area contributed by atoms with Crippen LogP contribution in [0, 0.1) is 5.92 Å². The zero-order valence-corrected chi connectivity index (χ0v) is 20.2. The molecule has 0 radical (unpaired) electrons. The summed E-state index contributed by atoms with van der Waals surface area (Å²) in [6.07, 6.45) is 7.28. The molecule has 2 aliphatic rings. The molecule has 5 rings (SSSR count). The molecule has 0 atom stereocenters.